The molecule has 3 nitrogen and oxygen atoms in total. The molecule has 0 amide bonds. The topological polar surface area (TPSA) is 38.5 Å². The van der Waals surface area contributed by atoms with Gasteiger partial charge in [0.2, 0.25) is 0 Å². The van der Waals surface area contributed by atoms with Crippen molar-refractivity contribution in [1.29, 1.82) is 0 Å². The van der Waals surface area contributed by atoms with E-state index >= 15 is 0 Å². The van der Waals surface area contributed by atoms with E-state index < -0.39 is 0 Å². The Balaban J connectivity index is 1.10. The summed E-state index contributed by atoms with van der Waals surface area (Å²) in [4.78, 5) is 2.33. The van der Waals surface area contributed by atoms with Gasteiger partial charge in [0.15, 0.2) is 5.75 Å². The van der Waals surface area contributed by atoms with Crippen LogP contribution in [-0.2, 0) is 6.61 Å². The second-order valence-electron chi connectivity index (χ2n) is 13.9. The smallest absolute Gasteiger partial charge is 0.150 e. The number of nitrogens with two attached hydrogens (primary N) is 1. The molecule has 0 aliphatic carbocycles. The third-order valence-electron chi connectivity index (χ3n) is 10.4. The Kier molecular flexibility index (Phi) is 9.55. The van der Waals surface area contributed by atoms with E-state index in [-0.39, 0.29) is 0 Å². The van der Waals surface area contributed by atoms with Gasteiger partial charge in [0.25, 0.3) is 0 Å². The van der Waals surface area contributed by atoms with Crippen LogP contribution in [0.2, 0.25) is 0 Å². The maximum Gasteiger partial charge on any atom is 0.150 e. The summed E-state index contributed by atoms with van der Waals surface area (Å²) in [6.07, 6.45) is 0. The Morgan fingerprint density at radius 1 is 0.357 bits per heavy atom. The minimum Gasteiger partial charge on any atom is -0.486 e. The van der Waals surface area contributed by atoms with E-state index in [1.807, 2.05) is 12.1 Å². The number of anilines is 4. The molecule has 9 rings (SSSR count). The molecule has 0 atom stereocenters. The van der Waals surface area contributed by atoms with Gasteiger partial charge in [-0.3, -0.25) is 0 Å². The summed E-state index contributed by atoms with van der Waals surface area (Å²) in [5.74, 6) is 0.698. The molecule has 0 spiro atoms. The van der Waals surface area contributed by atoms with Crippen molar-refractivity contribution in [2.45, 2.75) is 6.61 Å². The Labute approximate surface area is 328 Å². The molecule has 0 aliphatic rings. The number of ether oxygens (including phenoxy) is 1. The molecule has 0 aliphatic heterocycles. The van der Waals surface area contributed by atoms with Crippen LogP contribution in [0.25, 0.3) is 55.3 Å². The summed E-state index contributed by atoms with van der Waals surface area (Å²) in [5.41, 5.74) is 20.8. The molecular weight excluding hydrogens is 681 g/mol. The number of rotatable bonds is 10. The molecule has 2 N–H and O–H groups in total. The van der Waals surface area contributed by atoms with Crippen LogP contribution < -0.4 is 15.4 Å². The summed E-state index contributed by atoms with van der Waals surface area (Å²) in [5, 5.41) is 2.06. The third kappa shape index (κ3) is 7.02. The Hall–Kier alpha value is -7.36. The molecule has 0 unspecified atom stereocenters. The highest BCUT2D eigenvalue weighted by Crippen LogP contribution is 2.44. The highest BCUT2D eigenvalue weighted by Gasteiger charge is 2.19. The monoisotopic (exact) mass is 720 g/mol. The Morgan fingerprint density at radius 3 is 1.50 bits per heavy atom. The normalized spacial score (nSPS) is 11.0. The van der Waals surface area contributed by atoms with Gasteiger partial charge in [-0.15, -0.1) is 0 Å². The highest BCUT2D eigenvalue weighted by atomic mass is 16.5. The van der Waals surface area contributed by atoms with Gasteiger partial charge >= 0.3 is 0 Å². The van der Waals surface area contributed by atoms with Crippen molar-refractivity contribution in [1.82, 2.24) is 0 Å². The Bertz CT molecular complexity index is 2710. The summed E-state index contributed by atoms with van der Waals surface area (Å²) >= 11 is 0. The minimum absolute atomic E-state index is 0.411. The van der Waals surface area contributed by atoms with E-state index in [9.17, 15) is 0 Å². The predicted molar refractivity (Wildman–Crippen MR) is 236 cm³/mol. The maximum absolute atomic E-state index is 6.64. The van der Waals surface area contributed by atoms with E-state index in [4.69, 9.17) is 10.5 Å². The number of benzene rings is 9. The molecule has 268 valence electrons. The van der Waals surface area contributed by atoms with Gasteiger partial charge in [0.05, 0.1) is 5.69 Å². The quantitative estimate of drug-likeness (QED) is 0.143. The van der Waals surface area contributed by atoms with Gasteiger partial charge in [-0.1, -0.05) is 176 Å². The van der Waals surface area contributed by atoms with Crippen LogP contribution in [0, 0.1) is 0 Å². The average Bonchev–Trinajstić information content (AvgIpc) is 3.27. The first kappa shape index (κ1) is 34.4. The molecule has 9 aromatic rings. The maximum atomic E-state index is 6.64. The average molecular weight is 721 g/mol. The number of nitrogens with zero attached hydrogens (tertiary/aromatic N) is 1. The molecule has 0 heterocycles. The van der Waals surface area contributed by atoms with Crippen LogP contribution in [0.3, 0.4) is 0 Å². The van der Waals surface area contributed by atoms with E-state index in [2.05, 4.69) is 211 Å². The summed E-state index contributed by atoms with van der Waals surface area (Å²) in [7, 11) is 0. The predicted octanol–water partition coefficient (Wildman–Crippen LogP) is 14.1. The lowest BCUT2D eigenvalue weighted by Crippen LogP contribution is -2.10. The largest absolute Gasteiger partial charge is 0.486 e. The van der Waals surface area contributed by atoms with Crippen molar-refractivity contribution in [3.63, 3.8) is 0 Å². The van der Waals surface area contributed by atoms with Crippen LogP contribution in [0.5, 0.6) is 5.75 Å². The first-order chi connectivity index (χ1) is 27.7. The summed E-state index contributed by atoms with van der Waals surface area (Å²) in [6.45, 7) is 0.411. The van der Waals surface area contributed by atoms with Gasteiger partial charge in [-0.25, -0.2) is 0 Å². The van der Waals surface area contributed by atoms with Crippen LogP contribution in [-0.4, -0.2) is 0 Å². The van der Waals surface area contributed by atoms with Gasteiger partial charge < -0.3 is 15.4 Å². The van der Waals surface area contributed by atoms with E-state index in [1.54, 1.807) is 0 Å². The van der Waals surface area contributed by atoms with Crippen LogP contribution in [0.4, 0.5) is 22.7 Å². The molecule has 0 aromatic heterocycles. The molecule has 0 saturated carbocycles. The van der Waals surface area contributed by atoms with Crippen molar-refractivity contribution in [3.8, 4) is 50.3 Å². The van der Waals surface area contributed by atoms with E-state index in [0.717, 1.165) is 55.7 Å². The number of hydrogen-bond acceptors (Lipinski definition) is 3. The number of para-hydroxylation sites is 1. The highest BCUT2D eigenvalue weighted by molar-refractivity contribution is 6.05. The summed E-state index contributed by atoms with van der Waals surface area (Å²) < 4.78 is 6.54. The summed E-state index contributed by atoms with van der Waals surface area (Å²) in [6, 6.07) is 76.8. The first-order valence-electron chi connectivity index (χ1n) is 19.0. The molecule has 9 aromatic carbocycles. The molecule has 56 heavy (non-hydrogen) atoms. The van der Waals surface area contributed by atoms with Crippen molar-refractivity contribution in [2.75, 3.05) is 10.6 Å². The molecule has 0 saturated heterocycles. The molecule has 0 fully saturated rings. The fourth-order valence-electron chi connectivity index (χ4n) is 7.54. The molecular formula is C53H40N2O. The van der Waals surface area contributed by atoms with Gasteiger partial charge in [0.1, 0.15) is 6.61 Å². The number of fused-ring (bicyclic) bond motifs is 1. The van der Waals surface area contributed by atoms with E-state index in [0.29, 0.717) is 18.0 Å². The number of nitrogen functional groups attached to an aromatic ring is 1. The second kappa shape index (κ2) is 15.5. The lowest BCUT2D eigenvalue weighted by molar-refractivity contribution is 0.312. The molecule has 0 radical (unpaired) electrons. The van der Waals surface area contributed by atoms with Gasteiger partial charge in [-0.05, 0) is 97.9 Å². The van der Waals surface area contributed by atoms with Crippen molar-refractivity contribution in [3.05, 3.63) is 224 Å². The van der Waals surface area contributed by atoms with Crippen molar-refractivity contribution >= 4 is 33.5 Å². The van der Waals surface area contributed by atoms with Gasteiger partial charge in [-0.2, -0.15) is 0 Å². The van der Waals surface area contributed by atoms with Crippen molar-refractivity contribution in [2.24, 2.45) is 0 Å². The first-order valence-corrected chi connectivity index (χ1v) is 19.0. The fraction of sp³-hybridized carbons (Fsp3) is 0.0189. The lowest BCUT2D eigenvalue weighted by Gasteiger charge is -2.27. The SMILES string of the molecule is Nc1ccc2c(-c3ccc(N(c4ccccc4)c4ccc(-c5ccccc5)cc4)cc3-c3ccccc3)cccc2c1OCc1ccc(-c2ccccc2)cc1. The zero-order chi connectivity index (χ0) is 37.7. The standard InChI is InChI=1S/C53H40N2O/c54-52-35-34-48-47(22-13-23-50(48)53(52)56-37-38-24-26-41(27-25-38)39-14-5-1-6-15-39)49-33-32-46(36-51(49)43-18-9-3-10-19-43)55(44-20-11-4-12-21-44)45-30-28-42(29-31-45)40-16-7-2-8-17-40/h1-36H,37,54H2. The van der Waals surface area contributed by atoms with Crippen molar-refractivity contribution < 1.29 is 4.74 Å². The fourth-order valence-corrected chi connectivity index (χ4v) is 7.54. The molecule has 0 bridgehead atoms. The molecule has 3 heteroatoms. The lowest BCUT2D eigenvalue weighted by atomic mass is 9.90. The van der Waals surface area contributed by atoms with Gasteiger partial charge in [0, 0.05) is 22.4 Å². The zero-order valence-corrected chi connectivity index (χ0v) is 30.9. The third-order valence-corrected chi connectivity index (χ3v) is 10.4. The van der Waals surface area contributed by atoms with E-state index in [1.165, 1.54) is 22.3 Å². The van der Waals surface area contributed by atoms with Crippen LogP contribution in [0.15, 0.2) is 218 Å². The van der Waals surface area contributed by atoms with Crippen LogP contribution >= 0.6 is 0 Å². The van der Waals surface area contributed by atoms with Crippen LogP contribution in [0.1, 0.15) is 5.56 Å². The number of hydrogen-bond donors (Lipinski definition) is 1. The second-order valence-corrected chi connectivity index (χ2v) is 13.9. The minimum atomic E-state index is 0.411. The Morgan fingerprint density at radius 2 is 0.875 bits per heavy atom. The zero-order valence-electron chi connectivity index (χ0n) is 30.9.